The van der Waals surface area contributed by atoms with Crippen molar-refractivity contribution in [3.05, 3.63) is 29.3 Å². The van der Waals surface area contributed by atoms with Gasteiger partial charge in [0.05, 0.1) is 5.56 Å². The van der Waals surface area contributed by atoms with E-state index in [4.69, 9.17) is 10.5 Å². The molecule has 0 saturated heterocycles. The minimum atomic E-state index is -0.463. The molecule has 82 valence electrons. The number of amides is 1. The third-order valence-electron chi connectivity index (χ3n) is 2.01. The van der Waals surface area contributed by atoms with Gasteiger partial charge in [0, 0.05) is 6.54 Å². The fourth-order valence-corrected chi connectivity index (χ4v) is 1.22. The Morgan fingerprint density at radius 2 is 2.27 bits per heavy atom. The van der Waals surface area contributed by atoms with E-state index < -0.39 is 5.91 Å². The first kappa shape index (κ1) is 11.5. The Morgan fingerprint density at radius 1 is 1.53 bits per heavy atom. The molecule has 0 fully saturated rings. The number of benzene rings is 1. The molecule has 0 aliphatic rings. The number of nitrogens with one attached hydrogen (secondary N) is 1. The number of hydrogen-bond donors (Lipinski definition) is 2. The lowest BCUT2D eigenvalue weighted by atomic mass is 10.1. The second kappa shape index (κ2) is 5.36. The zero-order chi connectivity index (χ0) is 11.3. The predicted molar refractivity (Wildman–Crippen MR) is 59.1 cm³/mol. The van der Waals surface area contributed by atoms with E-state index in [1.807, 2.05) is 26.1 Å². The van der Waals surface area contributed by atoms with Crippen LogP contribution in [0, 0.1) is 6.92 Å². The summed E-state index contributed by atoms with van der Waals surface area (Å²) in [5, 5.41) is 2.96. The van der Waals surface area contributed by atoms with Gasteiger partial charge in [0.15, 0.2) is 0 Å². The minimum Gasteiger partial charge on any atom is -0.491 e. The van der Waals surface area contributed by atoms with E-state index in [0.29, 0.717) is 17.9 Å². The van der Waals surface area contributed by atoms with Crippen molar-refractivity contribution in [2.45, 2.75) is 6.92 Å². The van der Waals surface area contributed by atoms with Crippen LogP contribution in [0.25, 0.3) is 0 Å². The molecule has 0 radical (unpaired) electrons. The topological polar surface area (TPSA) is 64.3 Å². The third kappa shape index (κ3) is 3.25. The number of likely N-dealkylation sites (N-methyl/N-ethyl adjacent to an activating group) is 1. The summed E-state index contributed by atoms with van der Waals surface area (Å²) in [6.07, 6.45) is 0. The van der Waals surface area contributed by atoms with Crippen molar-refractivity contribution >= 4 is 5.91 Å². The maximum absolute atomic E-state index is 11.1. The average molecular weight is 208 g/mol. The van der Waals surface area contributed by atoms with Crippen LogP contribution < -0.4 is 15.8 Å². The average Bonchev–Trinajstić information content (AvgIpc) is 2.18. The number of rotatable bonds is 5. The largest absolute Gasteiger partial charge is 0.491 e. The SMILES string of the molecule is CNCCOc1cc(C)ccc1C(N)=O. The Bertz CT molecular complexity index is 350. The third-order valence-corrected chi connectivity index (χ3v) is 2.01. The molecule has 0 bridgehead atoms. The van der Waals surface area contributed by atoms with Gasteiger partial charge in [0.25, 0.3) is 5.91 Å². The van der Waals surface area contributed by atoms with Crippen molar-refractivity contribution in [2.24, 2.45) is 5.73 Å². The Balaban J connectivity index is 2.82. The van der Waals surface area contributed by atoms with E-state index in [0.717, 1.165) is 12.1 Å². The molecular formula is C11H16N2O2. The maximum Gasteiger partial charge on any atom is 0.252 e. The monoisotopic (exact) mass is 208 g/mol. The molecule has 0 spiro atoms. The molecule has 0 aliphatic heterocycles. The van der Waals surface area contributed by atoms with Gasteiger partial charge >= 0.3 is 0 Å². The molecule has 1 aromatic carbocycles. The molecule has 0 heterocycles. The normalized spacial score (nSPS) is 10.0. The molecule has 0 unspecified atom stereocenters. The highest BCUT2D eigenvalue weighted by Gasteiger charge is 2.08. The maximum atomic E-state index is 11.1. The van der Waals surface area contributed by atoms with Crippen molar-refractivity contribution in [3.8, 4) is 5.75 Å². The number of carbonyl (C=O) groups excluding carboxylic acids is 1. The van der Waals surface area contributed by atoms with Crippen LogP contribution in [0.5, 0.6) is 5.75 Å². The molecule has 0 aliphatic carbocycles. The minimum absolute atomic E-state index is 0.428. The Kier molecular flexibility index (Phi) is 4.12. The van der Waals surface area contributed by atoms with Gasteiger partial charge in [0.2, 0.25) is 0 Å². The van der Waals surface area contributed by atoms with Crippen LogP contribution in [-0.2, 0) is 0 Å². The molecule has 1 amide bonds. The molecule has 4 nitrogen and oxygen atoms in total. The number of hydrogen-bond acceptors (Lipinski definition) is 3. The highest BCUT2D eigenvalue weighted by atomic mass is 16.5. The van der Waals surface area contributed by atoms with Gasteiger partial charge in [-0.3, -0.25) is 4.79 Å². The summed E-state index contributed by atoms with van der Waals surface area (Å²) in [6, 6.07) is 5.34. The van der Waals surface area contributed by atoms with Crippen molar-refractivity contribution in [1.29, 1.82) is 0 Å². The molecule has 0 atom stereocenters. The summed E-state index contributed by atoms with van der Waals surface area (Å²) in [5.41, 5.74) is 6.70. The van der Waals surface area contributed by atoms with Crippen LogP contribution in [0.2, 0.25) is 0 Å². The van der Waals surface area contributed by atoms with Gasteiger partial charge in [-0.05, 0) is 31.7 Å². The highest BCUT2D eigenvalue weighted by Crippen LogP contribution is 2.19. The molecule has 4 heteroatoms. The number of primary amides is 1. The van der Waals surface area contributed by atoms with E-state index in [1.165, 1.54) is 0 Å². The molecule has 3 N–H and O–H groups in total. The van der Waals surface area contributed by atoms with Gasteiger partial charge in [0.1, 0.15) is 12.4 Å². The standard InChI is InChI=1S/C11H16N2O2/c1-8-3-4-9(11(12)14)10(7-8)15-6-5-13-2/h3-4,7,13H,5-6H2,1-2H3,(H2,12,14). The van der Waals surface area contributed by atoms with Gasteiger partial charge in [-0.25, -0.2) is 0 Å². The van der Waals surface area contributed by atoms with Crippen molar-refractivity contribution in [3.63, 3.8) is 0 Å². The Morgan fingerprint density at radius 3 is 2.87 bits per heavy atom. The lowest BCUT2D eigenvalue weighted by Gasteiger charge is -2.09. The lowest BCUT2D eigenvalue weighted by Crippen LogP contribution is -2.18. The summed E-state index contributed by atoms with van der Waals surface area (Å²) < 4.78 is 5.46. The fourth-order valence-electron chi connectivity index (χ4n) is 1.22. The molecule has 1 aromatic rings. The van der Waals surface area contributed by atoms with Crippen LogP contribution >= 0.6 is 0 Å². The second-order valence-corrected chi connectivity index (χ2v) is 3.32. The van der Waals surface area contributed by atoms with Crippen LogP contribution in [0.4, 0.5) is 0 Å². The van der Waals surface area contributed by atoms with Crippen LogP contribution in [0.15, 0.2) is 18.2 Å². The molecule has 15 heavy (non-hydrogen) atoms. The van der Waals surface area contributed by atoms with Gasteiger partial charge in [-0.15, -0.1) is 0 Å². The number of ether oxygens (including phenoxy) is 1. The molecular weight excluding hydrogens is 192 g/mol. The second-order valence-electron chi connectivity index (χ2n) is 3.32. The van der Waals surface area contributed by atoms with Crippen LogP contribution in [0.3, 0.4) is 0 Å². The smallest absolute Gasteiger partial charge is 0.252 e. The van der Waals surface area contributed by atoms with Gasteiger partial charge in [-0.1, -0.05) is 6.07 Å². The zero-order valence-electron chi connectivity index (χ0n) is 9.04. The highest BCUT2D eigenvalue weighted by molar-refractivity contribution is 5.95. The Labute approximate surface area is 89.4 Å². The number of carbonyl (C=O) groups is 1. The number of aryl methyl sites for hydroxylation is 1. The van der Waals surface area contributed by atoms with Crippen molar-refractivity contribution in [2.75, 3.05) is 20.2 Å². The first-order valence-corrected chi connectivity index (χ1v) is 4.83. The van der Waals surface area contributed by atoms with E-state index in [1.54, 1.807) is 6.07 Å². The van der Waals surface area contributed by atoms with Gasteiger partial charge < -0.3 is 15.8 Å². The fraction of sp³-hybridized carbons (Fsp3) is 0.364. The van der Waals surface area contributed by atoms with E-state index in [-0.39, 0.29) is 0 Å². The molecule has 0 aromatic heterocycles. The first-order chi connectivity index (χ1) is 7.15. The van der Waals surface area contributed by atoms with Crippen molar-refractivity contribution in [1.82, 2.24) is 5.32 Å². The zero-order valence-corrected chi connectivity index (χ0v) is 9.04. The van der Waals surface area contributed by atoms with E-state index in [9.17, 15) is 4.79 Å². The van der Waals surface area contributed by atoms with E-state index in [2.05, 4.69) is 5.32 Å². The van der Waals surface area contributed by atoms with E-state index >= 15 is 0 Å². The number of nitrogens with two attached hydrogens (primary N) is 1. The summed E-state index contributed by atoms with van der Waals surface area (Å²) >= 11 is 0. The molecule has 1 rings (SSSR count). The summed E-state index contributed by atoms with van der Waals surface area (Å²) in [5.74, 6) is 0.0900. The Hall–Kier alpha value is -1.55. The predicted octanol–water partition coefficient (Wildman–Crippen LogP) is 0.692. The van der Waals surface area contributed by atoms with Crippen LogP contribution in [0.1, 0.15) is 15.9 Å². The van der Waals surface area contributed by atoms with Gasteiger partial charge in [-0.2, -0.15) is 0 Å². The van der Waals surface area contributed by atoms with Crippen molar-refractivity contribution < 1.29 is 9.53 Å². The molecule has 0 saturated carbocycles. The quantitative estimate of drug-likeness (QED) is 0.700. The summed E-state index contributed by atoms with van der Waals surface area (Å²) in [6.45, 7) is 3.18. The lowest BCUT2D eigenvalue weighted by molar-refractivity contribution is 0.0996. The first-order valence-electron chi connectivity index (χ1n) is 4.83. The summed E-state index contributed by atoms with van der Waals surface area (Å²) in [4.78, 5) is 11.1. The van der Waals surface area contributed by atoms with Crippen LogP contribution in [-0.4, -0.2) is 26.1 Å². The summed E-state index contributed by atoms with van der Waals surface area (Å²) in [7, 11) is 1.84.